The number of rotatable bonds is 8. The Balaban J connectivity index is 1.60. The van der Waals surface area contributed by atoms with Gasteiger partial charge < -0.3 is 20.7 Å². The predicted octanol–water partition coefficient (Wildman–Crippen LogP) is 2.71. The van der Waals surface area contributed by atoms with E-state index < -0.39 is 0 Å². The first kappa shape index (κ1) is 20.6. The van der Waals surface area contributed by atoms with Crippen LogP contribution in [0, 0.1) is 5.41 Å². The number of benzene rings is 1. The van der Waals surface area contributed by atoms with Crippen LogP contribution in [0.2, 0.25) is 0 Å². The third-order valence-corrected chi connectivity index (χ3v) is 6.86. The van der Waals surface area contributed by atoms with E-state index >= 15 is 0 Å². The first-order chi connectivity index (χ1) is 14.6. The molecule has 158 valence electrons. The van der Waals surface area contributed by atoms with Crippen molar-refractivity contribution in [3.8, 4) is 11.4 Å². The van der Waals surface area contributed by atoms with Crippen LogP contribution in [-0.2, 0) is 9.48 Å². The van der Waals surface area contributed by atoms with Gasteiger partial charge in [0.2, 0.25) is 0 Å². The Kier molecular flexibility index (Phi) is 6.19. The molecule has 1 saturated carbocycles. The summed E-state index contributed by atoms with van der Waals surface area (Å²) in [6.07, 6.45) is 5.43. The lowest BCUT2D eigenvalue weighted by molar-refractivity contribution is 0.122. The first-order valence-electron chi connectivity index (χ1n) is 10.1. The van der Waals surface area contributed by atoms with Crippen LogP contribution in [0.3, 0.4) is 0 Å². The Labute approximate surface area is 180 Å². The van der Waals surface area contributed by atoms with Crippen LogP contribution in [0.25, 0.3) is 11.4 Å². The van der Waals surface area contributed by atoms with Gasteiger partial charge in [-0.15, -0.1) is 0 Å². The highest BCUT2D eigenvalue weighted by molar-refractivity contribution is 7.99. The molecule has 1 saturated heterocycles. The van der Waals surface area contributed by atoms with Crippen LogP contribution in [0.5, 0.6) is 0 Å². The SMILES string of the molecule is CSC1(c2cc(N3CCOCC3)nc(-c3ccc(NCC(N)=NC=N)cc3)n2)CC1. The van der Waals surface area contributed by atoms with Crippen molar-refractivity contribution in [3.05, 3.63) is 36.0 Å². The van der Waals surface area contributed by atoms with E-state index in [1.54, 1.807) is 0 Å². The molecule has 1 aliphatic heterocycles. The van der Waals surface area contributed by atoms with Crippen LogP contribution >= 0.6 is 11.8 Å². The molecule has 2 aliphatic rings. The van der Waals surface area contributed by atoms with E-state index in [1.165, 1.54) is 0 Å². The Bertz CT molecular complexity index is 921. The second-order valence-electron chi connectivity index (χ2n) is 7.41. The van der Waals surface area contributed by atoms with Crippen LogP contribution in [0.4, 0.5) is 11.5 Å². The van der Waals surface area contributed by atoms with E-state index in [0.717, 1.165) is 74.1 Å². The van der Waals surface area contributed by atoms with Gasteiger partial charge in [0.15, 0.2) is 5.82 Å². The molecule has 0 amide bonds. The Morgan fingerprint density at radius 1 is 1.30 bits per heavy atom. The number of morpholine rings is 1. The maximum absolute atomic E-state index is 6.96. The molecular weight excluding hydrogens is 398 g/mol. The first-order valence-corrected chi connectivity index (χ1v) is 11.3. The smallest absolute Gasteiger partial charge is 0.161 e. The predicted molar refractivity (Wildman–Crippen MR) is 124 cm³/mol. The molecule has 4 rings (SSSR count). The molecular formula is C21H27N7OS. The minimum absolute atomic E-state index is 0.131. The summed E-state index contributed by atoms with van der Waals surface area (Å²) in [4.78, 5) is 15.9. The number of aliphatic imine (C=N–C) groups is 1. The number of anilines is 2. The van der Waals surface area contributed by atoms with Crippen molar-refractivity contribution < 1.29 is 4.74 Å². The number of aromatic nitrogens is 2. The van der Waals surface area contributed by atoms with Gasteiger partial charge in [-0.2, -0.15) is 11.8 Å². The second-order valence-corrected chi connectivity index (χ2v) is 8.60. The second kappa shape index (κ2) is 9.01. The molecule has 2 aromatic rings. The Morgan fingerprint density at radius 2 is 2.03 bits per heavy atom. The molecule has 4 N–H and O–H groups in total. The van der Waals surface area contributed by atoms with Gasteiger partial charge in [0.25, 0.3) is 0 Å². The summed E-state index contributed by atoms with van der Waals surface area (Å²) in [5.74, 6) is 2.11. The third kappa shape index (κ3) is 4.57. The Hall–Kier alpha value is -2.65. The fourth-order valence-electron chi connectivity index (χ4n) is 3.49. The molecule has 0 unspecified atom stereocenters. The van der Waals surface area contributed by atoms with Crippen molar-refractivity contribution >= 4 is 35.4 Å². The van der Waals surface area contributed by atoms with E-state index in [2.05, 4.69) is 27.5 Å². The lowest BCUT2D eigenvalue weighted by Gasteiger charge is -2.29. The number of ether oxygens (including phenoxy) is 1. The molecule has 1 aromatic heterocycles. The number of hydrogen-bond donors (Lipinski definition) is 3. The molecule has 0 atom stereocenters. The third-order valence-electron chi connectivity index (χ3n) is 5.46. The van der Waals surface area contributed by atoms with Crippen molar-refractivity contribution in [3.63, 3.8) is 0 Å². The standard InChI is InChI=1S/C21H27N7OS/c1-30-21(6-7-21)17-12-19(28-8-10-29-11-9-28)27-20(26-17)15-2-4-16(5-3-15)24-13-18(23)25-14-22/h2-5,12,14,24H,6-11,13H2,1H3,(H3,22,23,25). The van der Waals surface area contributed by atoms with Crippen LogP contribution < -0.4 is 16.0 Å². The monoisotopic (exact) mass is 425 g/mol. The van der Waals surface area contributed by atoms with E-state index in [-0.39, 0.29) is 4.75 Å². The zero-order chi connectivity index (χ0) is 21.0. The van der Waals surface area contributed by atoms with E-state index in [1.807, 2.05) is 36.0 Å². The molecule has 0 radical (unpaired) electrons. The van der Waals surface area contributed by atoms with Crippen molar-refractivity contribution in [2.75, 3.05) is 49.3 Å². The maximum atomic E-state index is 6.96. The highest BCUT2D eigenvalue weighted by Gasteiger charge is 2.45. The average Bonchev–Trinajstić information content (AvgIpc) is 3.60. The molecule has 0 spiro atoms. The molecule has 0 bridgehead atoms. The fourth-order valence-corrected chi connectivity index (χ4v) is 4.31. The summed E-state index contributed by atoms with van der Waals surface area (Å²) in [6, 6.07) is 10.2. The van der Waals surface area contributed by atoms with Crippen molar-refractivity contribution in [1.29, 1.82) is 5.41 Å². The van der Waals surface area contributed by atoms with Gasteiger partial charge in [-0.1, -0.05) is 0 Å². The minimum Gasteiger partial charge on any atom is -0.386 e. The number of nitrogens with two attached hydrogens (primary N) is 1. The fraction of sp³-hybridized carbons (Fsp3) is 0.429. The van der Waals surface area contributed by atoms with Crippen LogP contribution in [-0.4, -0.2) is 61.2 Å². The summed E-state index contributed by atoms with van der Waals surface area (Å²) in [5.41, 5.74) is 8.75. The maximum Gasteiger partial charge on any atom is 0.161 e. The van der Waals surface area contributed by atoms with Gasteiger partial charge in [-0.05, 0) is 43.4 Å². The van der Waals surface area contributed by atoms with Gasteiger partial charge in [0, 0.05) is 30.4 Å². The highest BCUT2D eigenvalue weighted by Crippen LogP contribution is 2.55. The quantitative estimate of drug-likeness (QED) is 0.440. The molecule has 30 heavy (non-hydrogen) atoms. The number of thioether (sulfide) groups is 1. The van der Waals surface area contributed by atoms with Crippen LogP contribution in [0.15, 0.2) is 35.3 Å². The van der Waals surface area contributed by atoms with E-state index in [9.17, 15) is 0 Å². The van der Waals surface area contributed by atoms with Gasteiger partial charge in [0.05, 0.1) is 30.2 Å². The zero-order valence-electron chi connectivity index (χ0n) is 17.1. The molecule has 9 heteroatoms. The van der Waals surface area contributed by atoms with Gasteiger partial charge >= 0.3 is 0 Å². The lowest BCUT2D eigenvalue weighted by atomic mass is 10.1. The Morgan fingerprint density at radius 3 is 2.67 bits per heavy atom. The van der Waals surface area contributed by atoms with Gasteiger partial charge in [-0.3, -0.25) is 5.41 Å². The molecule has 1 aromatic carbocycles. The van der Waals surface area contributed by atoms with Gasteiger partial charge in [-0.25, -0.2) is 15.0 Å². The summed E-state index contributed by atoms with van der Waals surface area (Å²) in [6.45, 7) is 3.55. The molecule has 2 fully saturated rings. The van der Waals surface area contributed by atoms with Gasteiger partial charge in [0.1, 0.15) is 18.0 Å². The normalized spacial score (nSPS) is 18.2. The molecule has 1 aliphatic carbocycles. The molecule has 2 heterocycles. The average molecular weight is 426 g/mol. The number of nitrogens with one attached hydrogen (secondary N) is 2. The number of hydrogen-bond acceptors (Lipinski definition) is 7. The highest BCUT2D eigenvalue weighted by atomic mass is 32.2. The topological polar surface area (TPSA) is 113 Å². The summed E-state index contributed by atoms with van der Waals surface area (Å²) >= 11 is 1.88. The van der Waals surface area contributed by atoms with E-state index in [0.29, 0.717) is 12.4 Å². The summed E-state index contributed by atoms with van der Waals surface area (Å²) < 4.78 is 5.64. The van der Waals surface area contributed by atoms with E-state index in [4.69, 9.17) is 25.8 Å². The molecule has 8 nitrogen and oxygen atoms in total. The lowest BCUT2D eigenvalue weighted by Crippen LogP contribution is -2.37. The van der Waals surface area contributed by atoms with Crippen LogP contribution in [0.1, 0.15) is 18.5 Å². The summed E-state index contributed by atoms with van der Waals surface area (Å²) in [7, 11) is 0. The van der Waals surface area contributed by atoms with Crippen molar-refractivity contribution in [2.45, 2.75) is 17.6 Å². The van der Waals surface area contributed by atoms with Crippen molar-refractivity contribution in [1.82, 2.24) is 9.97 Å². The zero-order valence-corrected chi connectivity index (χ0v) is 17.9. The number of nitrogens with zero attached hydrogens (tertiary/aromatic N) is 4. The number of amidine groups is 1. The minimum atomic E-state index is 0.131. The largest absolute Gasteiger partial charge is 0.386 e. The van der Waals surface area contributed by atoms with Crippen molar-refractivity contribution in [2.24, 2.45) is 10.7 Å². The summed E-state index contributed by atoms with van der Waals surface area (Å²) in [5, 5.41) is 10.2.